The van der Waals surface area contributed by atoms with Gasteiger partial charge in [0, 0.05) is 19.2 Å². The van der Waals surface area contributed by atoms with Crippen LogP contribution in [-0.4, -0.2) is 23.2 Å². The Morgan fingerprint density at radius 1 is 1.40 bits per heavy atom. The van der Waals surface area contributed by atoms with Gasteiger partial charge in [-0.05, 0) is 13.8 Å². The van der Waals surface area contributed by atoms with Gasteiger partial charge in [-0.1, -0.05) is 0 Å². The molecule has 0 amide bonds. The summed E-state index contributed by atoms with van der Waals surface area (Å²) < 4.78 is 34.0. The van der Waals surface area contributed by atoms with E-state index in [1.54, 1.807) is 20.9 Å². The van der Waals surface area contributed by atoms with Crippen LogP contribution < -0.4 is 10.5 Å². The summed E-state index contributed by atoms with van der Waals surface area (Å²) in [7, 11) is -2.01. The number of nitrogens with two attached hydrogens (primary N) is 1. The van der Waals surface area contributed by atoms with E-state index in [0.717, 1.165) is 0 Å². The normalized spacial score (nSPS) is 12.0. The third kappa shape index (κ3) is 2.74. The molecule has 0 fully saturated rings. The molecule has 2 aromatic rings. The molecule has 0 aliphatic rings. The first-order chi connectivity index (χ1) is 9.35. The van der Waals surface area contributed by atoms with Gasteiger partial charge in [0.15, 0.2) is 5.82 Å². The Morgan fingerprint density at radius 3 is 2.65 bits per heavy atom. The number of hydrogen-bond acceptors (Lipinski definition) is 6. The van der Waals surface area contributed by atoms with Crippen molar-refractivity contribution in [1.29, 1.82) is 0 Å². The first kappa shape index (κ1) is 14.7. The van der Waals surface area contributed by atoms with Gasteiger partial charge in [0.25, 0.3) is 0 Å². The van der Waals surface area contributed by atoms with Crippen molar-refractivity contribution in [3.8, 4) is 0 Å². The highest BCUT2D eigenvalue weighted by Gasteiger charge is 2.26. The van der Waals surface area contributed by atoms with Crippen LogP contribution in [0.15, 0.2) is 15.6 Å². The average molecular weight is 299 g/mol. The predicted octanol–water partition coefficient (Wildman–Crippen LogP) is -0.0379. The number of sulfonamides is 1. The number of nitrogens with one attached hydrogen (secondary N) is 1. The third-order valence-corrected chi connectivity index (χ3v) is 4.46. The molecule has 0 bridgehead atoms. The third-order valence-electron chi connectivity index (χ3n) is 2.87. The zero-order valence-electron chi connectivity index (χ0n) is 11.5. The number of aromatic nitrogens is 3. The molecule has 8 nitrogen and oxygen atoms in total. The van der Waals surface area contributed by atoms with Gasteiger partial charge < -0.3 is 10.2 Å². The van der Waals surface area contributed by atoms with Gasteiger partial charge in [0.2, 0.25) is 10.0 Å². The second-order valence-corrected chi connectivity index (χ2v) is 6.09. The van der Waals surface area contributed by atoms with E-state index in [2.05, 4.69) is 14.8 Å². The zero-order valence-corrected chi connectivity index (χ0v) is 12.4. The maximum absolute atomic E-state index is 12.3. The minimum Gasteiger partial charge on any atom is -0.465 e. The van der Waals surface area contributed by atoms with Crippen molar-refractivity contribution in [2.45, 2.75) is 31.8 Å². The van der Waals surface area contributed by atoms with Crippen molar-refractivity contribution < 1.29 is 12.8 Å². The number of furan rings is 1. The van der Waals surface area contributed by atoms with Crippen LogP contribution in [0.4, 0.5) is 0 Å². The fourth-order valence-electron chi connectivity index (χ4n) is 1.99. The number of hydrogen-bond donors (Lipinski definition) is 2. The molecule has 2 rings (SSSR count). The monoisotopic (exact) mass is 299 g/mol. The van der Waals surface area contributed by atoms with Crippen LogP contribution in [0.5, 0.6) is 0 Å². The SMILES string of the molecule is Cc1oc(C)c(S(=O)(=O)NCc2ncn(C)n2)c1CN. The lowest BCUT2D eigenvalue weighted by Crippen LogP contribution is -2.25. The van der Waals surface area contributed by atoms with Crippen molar-refractivity contribution in [2.75, 3.05) is 0 Å². The summed E-state index contributed by atoms with van der Waals surface area (Å²) in [5.41, 5.74) is 6.08. The largest absolute Gasteiger partial charge is 0.465 e. The molecule has 0 aromatic carbocycles. The Balaban J connectivity index is 2.27. The van der Waals surface area contributed by atoms with E-state index in [9.17, 15) is 8.42 Å². The van der Waals surface area contributed by atoms with E-state index in [1.165, 1.54) is 11.0 Å². The Morgan fingerprint density at radius 2 is 2.10 bits per heavy atom. The van der Waals surface area contributed by atoms with Crippen LogP contribution in [0.2, 0.25) is 0 Å². The van der Waals surface area contributed by atoms with E-state index in [1.807, 2.05) is 0 Å². The van der Waals surface area contributed by atoms with Crippen molar-refractivity contribution in [3.05, 3.63) is 29.2 Å². The molecule has 2 aromatic heterocycles. The van der Waals surface area contributed by atoms with Gasteiger partial charge in [0.1, 0.15) is 22.7 Å². The Labute approximate surface area is 117 Å². The van der Waals surface area contributed by atoms with E-state index >= 15 is 0 Å². The van der Waals surface area contributed by atoms with Gasteiger partial charge in [-0.2, -0.15) is 5.10 Å². The van der Waals surface area contributed by atoms with E-state index in [-0.39, 0.29) is 18.0 Å². The second kappa shape index (κ2) is 5.35. The molecule has 9 heteroatoms. The zero-order chi connectivity index (χ0) is 14.9. The molecule has 0 saturated carbocycles. The van der Waals surface area contributed by atoms with Crippen molar-refractivity contribution in [2.24, 2.45) is 12.8 Å². The van der Waals surface area contributed by atoms with Gasteiger partial charge in [-0.15, -0.1) is 0 Å². The number of nitrogens with zero attached hydrogens (tertiary/aromatic N) is 3. The molecular formula is C11H17N5O3S. The van der Waals surface area contributed by atoms with Crippen LogP contribution in [0.25, 0.3) is 0 Å². The minimum atomic E-state index is -3.71. The lowest BCUT2D eigenvalue weighted by molar-refractivity contribution is 0.494. The topological polar surface area (TPSA) is 116 Å². The molecule has 0 aliphatic heterocycles. The highest BCUT2D eigenvalue weighted by molar-refractivity contribution is 7.89. The molecule has 0 atom stereocenters. The Hall–Kier alpha value is -1.71. The molecular weight excluding hydrogens is 282 g/mol. The minimum absolute atomic E-state index is 0.0108. The number of rotatable bonds is 5. The molecule has 20 heavy (non-hydrogen) atoms. The molecule has 0 aliphatic carbocycles. The molecule has 3 N–H and O–H groups in total. The van der Waals surface area contributed by atoms with Crippen LogP contribution in [0.1, 0.15) is 22.9 Å². The maximum Gasteiger partial charge on any atom is 0.244 e. The lowest BCUT2D eigenvalue weighted by Gasteiger charge is -2.06. The smallest absolute Gasteiger partial charge is 0.244 e. The summed E-state index contributed by atoms with van der Waals surface area (Å²) in [5, 5.41) is 4.01. The predicted molar refractivity (Wildman–Crippen MR) is 71.1 cm³/mol. The average Bonchev–Trinajstić information content (AvgIpc) is 2.90. The van der Waals surface area contributed by atoms with Gasteiger partial charge in [0.05, 0.1) is 6.54 Å². The summed E-state index contributed by atoms with van der Waals surface area (Å²) in [4.78, 5) is 4.06. The van der Waals surface area contributed by atoms with Crippen LogP contribution in [0, 0.1) is 13.8 Å². The molecule has 2 heterocycles. The van der Waals surface area contributed by atoms with Crippen LogP contribution in [-0.2, 0) is 30.2 Å². The summed E-state index contributed by atoms with van der Waals surface area (Å²) in [6.45, 7) is 3.40. The Bertz CT molecular complexity index is 716. The van der Waals surface area contributed by atoms with Crippen molar-refractivity contribution in [1.82, 2.24) is 19.5 Å². The van der Waals surface area contributed by atoms with Gasteiger partial charge in [-0.3, -0.25) is 4.68 Å². The quantitative estimate of drug-likeness (QED) is 0.800. The fraction of sp³-hybridized carbons (Fsp3) is 0.455. The standard InChI is InChI=1S/C11H17N5O3S/c1-7-9(4-12)11(8(2)19-7)20(17,18)14-5-10-13-6-16(3)15-10/h6,14H,4-5,12H2,1-3H3. The van der Waals surface area contributed by atoms with Crippen LogP contribution >= 0.6 is 0 Å². The van der Waals surface area contributed by atoms with Crippen molar-refractivity contribution in [3.63, 3.8) is 0 Å². The summed E-state index contributed by atoms with van der Waals surface area (Å²) in [6.07, 6.45) is 1.50. The molecule has 0 saturated heterocycles. The molecule has 110 valence electrons. The maximum atomic E-state index is 12.3. The van der Waals surface area contributed by atoms with E-state index < -0.39 is 10.0 Å². The highest BCUT2D eigenvalue weighted by Crippen LogP contribution is 2.25. The van der Waals surface area contributed by atoms with Gasteiger partial charge >= 0.3 is 0 Å². The first-order valence-corrected chi connectivity index (χ1v) is 7.46. The highest BCUT2D eigenvalue weighted by atomic mass is 32.2. The summed E-state index contributed by atoms with van der Waals surface area (Å²) >= 11 is 0. The number of aryl methyl sites for hydroxylation is 3. The van der Waals surface area contributed by atoms with Gasteiger partial charge in [-0.25, -0.2) is 18.1 Å². The van der Waals surface area contributed by atoms with Crippen LogP contribution in [0.3, 0.4) is 0 Å². The first-order valence-electron chi connectivity index (χ1n) is 5.98. The Kier molecular flexibility index (Phi) is 3.93. The molecule has 0 spiro atoms. The summed E-state index contributed by atoms with van der Waals surface area (Å²) in [5.74, 6) is 1.23. The lowest BCUT2D eigenvalue weighted by atomic mass is 10.2. The van der Waals surface area contributed by atoms with E-state index in [4.69, 9.17) is 10.2 Å². The van der Waals surface area contributed by atoms with E-state index in [0.29, 0.717) is 22.9 Å². The summed E-state index contributed by atoms with van der Waals surface area (Å²) in [6, 6.07) is 0. The second-order valence-electron chi connectivity index (χ2n) is 4.39. The van der Waals surface area contributed by atoms with Crippen molar-refractivity contribution >= 4 is 10.0 Å². The molecule has 0 radical (unpaired) electrons. The molecule has 0 unspecified atom stereocenters. The fourth-order valence-corrected chi connectivity index (χ4v) is 3.43.